The van der Waals surface area contributed by atoms with Gasteiger partial charge in [-0.3, -0.25) is 9.59 Å². The fourth-order valence-electron chi connectivity index (χ4n) is 4.51. The highest BCUT2D eigenvalue weighted by Gasteiger charge is 2.36. The Hall–Kier alpha value is -2.54. The van der Waals surface area contributed by atoms with Crippen LogP contribution in [-0.2, 0) is 4.79 Å². The van der Waals surface area contributed by atoms with Crippen molar-refractivity contribution in [2.45, 2.75) is 12.5 Å². The first-order valence-corrected chi connectivity index (χ1v) is 12.0. The normalized spacial score (nSPS) is 18.4. The Kier molecular flexibility index (Phi) is 5.61. The van der Waals surface area contributed by atoms with Crippen molar-refractivity contribution < 1.29 is 14.3 Å². The number of nitrogens with zero attached hydrogens (tertiary/aromatic N) is 2. The minimum atomic E-state index is -0.181. The van der Waals surface area contributed by atoms with Gasteiger partial charge in [0.05, 0.1) is 28.3 Å². The van der Waals surface area contributed by atoms with E-state index in [1.54, 1.807) is 27.2 Å². The van der Waals surface area contributed by atoms with Gasteiger partial charge in [-0.1, -0.05) is 41.9 Å². The summed E-state index contributed by atoms with van der Waals surface area (Å²) >= 11 is 15.2. The van der Waals surface area contributed by atoms with Crippen LogP contribution in [0.5, 0.6) is 5.75 Å². The highest BCUT2D eigenvalue weighted by Crippen LogP contribution is 2.46. The molecule has 5 nitrogen and oxygen atoms in total. The van der Waals surface area contributed by atoms with Gasteiger partial charge < -0.3 is 14.5 Å². The fourth-order valence-corrected chi connectivity index (χ4v) is 6.04. The quantitative estimate of drug-likeness (QED) is 0.449. The molecule has 1 aromatic heterocycles. The molecule has 2 aromatic carbocycles. The van der Waals surface area contributed by atoms with Gasteiger partial charge in [0.2, 0.25) is 5.91 Å². The molecule has 2 aliphatic rings. The molecule has 0 saturated carbocycles. The SMILES string of the molecule is C=CC(=O)N1CCN2C(=O)c3cc(Cl)c(-c4cccc5sccc45)c(Cl)c3OCC[C@H]2C1. The van der Waals surface area contributed by atoms with Crippen LogP contribution in [0.2, 0.25) is 10.0 Å². The maximum atomic E-state index is 13.5. The first-order valence-electron chi connectivity index (χ1n) is 10.3. The van der Waals surface area contributed by atoms with Gasteiger partial charge in [-0.15, -0.1) is 11.3 Å². The van der Waals surface area contributed by atoms with Crippen molar-refractivity contribution in [1.82, 2.24) is 9.80 Å². The van der Waals surface area contributed by atoms with Crippen LogP contribution >= 0.6 is 34.5 Å². The number of halogens is 2. The molecule has 164 valence electrons. The Morgan fingerprint density at radius 1 is 1.22 bits per heavy atom. The monoisotopic (exact) mass is 486 g/mol. The maximum absolute atomic E-state index is 13.5. The molecule has 0 bridgehead atoms. The summed E-state index contributed by atoms with van der Waals surface area (Å²) in [6.45, 7) is 5.29. The lowest BCUT2D eigenvalue weighted by molar-refractivity contribution is -0.128. The zero-order chi connectivity index (χ0) is 22.4. The standard InChI is InChI=1S/C24H20Cl2N2O3S/c1-2-20(29)27-8-9-28-14(13-27)6-10-31-23-17(24(28)30)12-18(25)21(22(23)26)16-4-3-5-19-15(16)7-11-32-19/h2-5,7,11-12,14H,1,6,8-10,13H2/t14-/m0/s1. The molecular formula is C24H20Cl2N2O3S. The molecule has 0 N–H and O–H groups in total. The average molecular weight is 487 g/mol. The first-order chi connectivity index (χ1) is 15.5. The molecular weight excluding hydrogens is 467 g/mol. The Labute approximate surface area is 199 Å². The third kappa shape index (κ3) is 3.47. The topological polar surface area (TPSA) is 49.9 Å². The van der Waals surface area contributed by atoms with Crippen molar-refractivity contribution in [3.63, 3.8) is 0 Å². The number of ether oxygens (including phenoxy) is 1. The van der Waals surface area contributed by atoms with Crippen LogP contribution in [0.25, 0.3) is 21.2 Å². The molecule has 1 saturated heterocycles. The average Bonchev–Trinajstić information content (AvgIpc) is 3.28. The van der Waals surface area contributed by atoms with Gasteiger partial charge in [0.15, 0.2) is 5.75 Å². The molecule has 3 aromatic rings. The third-order valence-electron chi connectivity index (χ3n) is 6.10. The zero-order valence-electron chi connectivity index (χ0n) is 17.1. The highest BCUT2D eigenvalue weighted by atomic mass is 35.5. The number of rotatable bonds is 2. The van der Waals surface area contributed by atoms with Crippen LogP contribution in [0.1, 0.15) is 16.8 Å². The van der Waals surface area contributed by atoms with E-state index in [1.165, 1.54) is 6.08 Å². The zero-order valence-corrected chi connectivity index (χ0v) is 19.5. The van der Waals surface area contributed by atoms with Crippen molar-refractivity contribution in [1.29, 1.82) is 0 Å². The van der Waals surface area contributed by atoms with Crippen molar-refractivity contribution in [2.24, 2.45) is 0 Å². The molecule has 0 aliphatic carbocycles. The van der Waals surface area contributed by atoms with Crippen molar-refractivity contribution in [2.75, 3.05) is 26.2 Å². The number of hydrogen-bond acceptors (Lipinski definition) is 4. The van der Waals surface area contributed by atoms with Crippen LogP contribution in [0.15, 0.2) is 48.4 Å². The van der Waals surface area contributed by atoms with Crippen LogP contribution in [-0.4, -0.2) is 53.9 Å². The molecule has 2 amide bonds. The number of piperazine rings is 1. The summed E-state index contributed by atoms with van der Waals surface area (Å²) in [4.78, 5) is 29.1. The van der Waals surface area contributed by atoms with Gasteiger partial charge in [-0.25, -0.2) is 0 Å². The van der Waals surface area contributed by atoms with E-state index in [0.29, 0.717) is 59.6 Å². The van der Waals surface area contributed by atoms with Gasteiger partial charge in [0.25, 0.3) is 5.91 Å². The van der Waals surface area contributed by atoms with Gasteiger partial charge in [0.1, 0.15) is 0 Å². The Bertz CT molecular complexity index is 1260. The molecule has 0 radical (unpaired) electrons. The van der Waals surface area contributed by atoms with Gasteiger partial charge in [-0.2, -0.15) is 0 Å². The summed E-state index contributed by atoms with van der Waals surface area (Å²) in [7, 11) is 0. The molecule has 3 heterocycles. The molecule has 2 aliphatic heterocycles. The predicted octanol–water partition coefficient (Wildman–Crippen LogP) is 5.50. The lowest BCUT2D eigenvalue weighted by Gasteiger charge is -2.42. The van der Waals surface area contributed by atoms with Gasteiger partial charge >= 0.3 is 0 Å². The maximum Gasteiger partial charge on any atom is 0.258 e. The second kappa shape index (κ2) is 8.43. The largest absolute Gasteiger partial charge is 0.491 e. The minimum absolute atomic E-state index is 0.126. The van der Waals surface area contributed by atoms with E-state index in [0.717, 1.165) is 15.6 Å². The molecule has 8 heteroatoms. The summed E-state index contributed by atoms with van der Waals surface area (Å²) in [6.07, 6.45) is 1.90. The number of fused-ring (bicyclic) bond motifs is 3. The summed E-state index contributed by atoms with van der Waals surface area (Å²) in [6, 6.07) is 9.57. The van der Waals surface area contributed by atoms with E-state index in [1.807, 2.05) is 23.6 Å². The molecule has 0 spiro atoms. The molecule has 5 rings (SSSR count). The van der Waals surface area contributed by atoms with E-state index in [4.69, 9.17) is 27.9 Å². The Morgan fingerprint density at radius 2 is 2.06 bits per heavy atom. The van der Waals surface area contributed by atoms with E-state index < -0.39 is 0 Å². The van der Waals surface area contributed by atoms with Crippen LogP contribution in [0, 0.1) is 0 Å². The number of benzene rings is 2. The van der Waals surface area contributed by atoms with E-state index >= 15 is 0 Å². The number of thiophene rings is 1. The second-order valence-electron chi connectivity index (χ2n) is 7.84. The van der Waals surface area contributed by atoms with E-state index in [2.05, 4.69) is 12.6 Å². The lowest BCUT2D eigenvalue weighted by atomic mass is 9.98. The summed E-state index contributed by atoms with van der Waals surface area (Å²) < 4.78 is 7.18. The first kappa shape index (κ1) is 21.3. The molecule has 0 unspecified atom stereocenters. The van der Waals surface area contributed by atoms with Crippen molar-refractivity contribution in [3.8, 4) is 16.9 Å². The fraction of sp³-hybridized carbons (Fsp3) is 0.250. The van der Waals surface area contributed by atoms with Crippen molar-refractivity contribution in [3.05, 3.63) is 64.0 Å². The number of carbonyl (C=O) groups excluding carboxylic acids is 2. The highest BCUT2D eigenvalue weighted by molar-refractivity contribution is 7.17. The molecule has 32 heavy (non-hydrogen) atoms. The molecule has 1 atom stereocenters. The number of hydrogen-bond donors (Lipinski definition) is 0. The van der Waals surface area contributed by atoms with Crippen molar-refractivity contribution >= 4 is 56.4 Å². The number of carbonyl (C=O) groups is 2. The Balaban J connectivity index is 1.57. The Morgan fingerprint density at radius 3 is 2.88 bits per heavy atom. The molecule has 1 fully saturated rings. The van der Waals surface area contributed by atoms with Crippen LogP contribution in [0.3, 0.4) is 0 Å². The smallest absolute Gasteiger partial charge is 0.258 e. The van der Waals surface area contributed by atoms with E-state index in [-0.39, 0.29) is 17.9 Å². The summed E-state index contributed by atoms with van der Waals surface area (Å²) in [5.74, 6) is 0.0599. The number of amides is 2. The van der Waals surface area contributed by atoms with Gasteiger partial charge in [0, 0.05) is 41.7 Å². The second-order valence-corrected chi connectivity index (χ2v) is 9.57. The van der Waals surface area contributed by atoms with Gasteiger partial charge in [-0.05, 0) is 35.2 Å². The van der Waals surface area contributed by atoms with E-state index in [9.17, 15) is 9.59 Å². The predicted molar refractivity (Wildman–Crippen MR) is 129 cm³/mol. The summed E-state index contributed by atoms with van der Waals surface area (Å²) in [5.41, 5.74) is 1.94. The minimum Gasteiger partial charge on any atom is -0.491 e. The summed E-state index contributed by atoms with van der Waals surface area (Å²) in [5, 5.41) is 3.84. The third-order valence-corrected chi connectivity index (χ3v) is 7.64. The van der Waals surface area contributed by atoms with Crippen LogP contribution in [0.4, 0.5) is 0 Å². The lowest BCUT2D eigenvalue weighted by Crippen LogP contribution is -2.57. The van der Waals surface area contributed by atoms with Crippen LogP contribution < -0.4 is 4.74 Å².